The molecule has 1 rings (SSSR count). The number of aliphatic hydroxyl groups excluding tert-OH is 1. The van der Waals surface area contributed by atoms with E-state index >= 15 is 0 Å². The van der Waals surface area contributed by atoms with Gasteiger partial charge in [0.05, 0.1) is 17.2 Å². The smallest absolute Gasteiger partial charge is 0.335 e. The zero-order valence-corrected chi connectivity index (χ0v) is 13.0. The maximum atomic E-state index is 11.2. The van der Waals surface area contributed by atoms with Gasteiger partial charge in [-0.2, -0.15) is 0 Å². The van der Waals surface area contributed by atoms with Crippen molar-refractivity contribution in [2.45, 2.75) is 58.6 Å². The quantitative estimate of drug-likeness (QED) is 0.790. The number of rotatable bonds is 4. The number of nitrogens with zero attached hydrogens (tertiary/aromatic N) is 1. The molecular weight excluding hydrogens is 256 g/mol. The van der Waals surface area contributed by atoms with Crippen LogP contribution in [0.15, 0.2) is 12.1 Å². The number of carbonyl (C=O) groups is 1. The van der Waals surface area contributed by atoms with E-state index in [1.54, 1.807) is 13.0 Å². The summed E-state index contributed by atoms with van der Waals surface area (Å²) < 4.78 is 0. The van der Waals surface area contributed by atoms with Gasteiger partial charge in [-0.05, 0) is 32.9 Å². The molecule has 0 bridgehead atoms. The van der Waals surface area contributed by atoms with E-state index < -0.39 is 17.6 Å². The Hall–Kier alpha value is -1.62. The minimum atomic E-state index is -0.990. The summed E-state index contributed by atoms with van der Waals surface area (Å²) in [5, 5.41) is 22.0. The molecule has 0 amide bonds. The van der Waals surface area contributed by atoms with Crippen LogP contribution in [0.5, 0.6) is 0 Å². The van der Waals surface area contributed by atoms with Gasteiger partial charge in [0.25, 0.3) is 0 Å². The molecule has 1 aromatic rings. The van der Waals surface area contributed by atoms with Gasteiger partial charge in [0.15, 0.2) is 0 Å². The molecule has 0 radical (unpaired) electrons. The monoisotopic (exact) mass is 280 g/mol. The fourth-order valence-corrected chi connectivity index (χ4v) is 1.54. The molecule has 1 aromatic heterocycles. The second-order valence-electron chi connectivity index (χ2n) is 6.70. The second kappa shape index (κ2) is 5.40. The Balaban J connectivity index is 3.27. The zero-order chi connectivity index (χ0) is 15.7. The lowest BCUT2D eigenvalue weighted by Crippen LogP contribution is -2.42. The van der Waals surface area contributed by atoms with Crippen molar-refractivity contribution in [3.8, 4) is 0 Å². The second-order valence-corrected chi connectivity index (χ2v) is 6.70. The number of carboxylic acid groups (broad SMARTS) is 1. The van der Waals surface area contributed by atoms with Crippen molar-refractivity contribution in [2.75, 3.05) is 5.32 Å². The summed E-state index contributed by atoms with van der Waals surface area (Å²) in [7, 11) is 0. The van der Waals surface area contributed by atoms with E-state index in [1.165, 1.54) is 6.07 Å². The molecule has 3 N–H and O–H groups in total. The summed E-state index contributed by atoms with van der Waals surface area (Å²) >= 11 is 0. The first-order valence-corrected chi connectivity index (χ1v) is 6.65. The molecule has 0 saturated carbocycles. The summed E-state index contributed by atoms with van der Waals surface area (Å²) in [6, 6.07) is 3.07. The molecule has 112 valence electrons. The Labute approximate surface area is 120 Å². The predicted molar refractivity (Wildman–Crippen MR) is 79.3 cm³/mol. The summed E-state index contributed by atoms with van der Waals surface area (Å²) in [5.74, 6) is -0.531. The van der Waals surface area contributed by atoms with E-state index in [2.05, 4.69) is 10.3 Å². The van der Waals surface area contributed by atoms with Gasteiger partial charge in [0, 0.05) is 11.1 Å². The van der Waals surface area contributed by atoms with E-state index in [-0.39, 0.29) is 11.0 Å². The third kappa shape index (κ3) is 3.93. The van der Waals surface area contributed by atoms with E-state index in [4.69, 9.17) is 0 Å². The Bertz CT molecular complexity index is 502. The summed E-state index contributed by atoms with van der Waals surface area (Å²) in [5.41, 5.74) is 0.0333. The van der Waals surface area contributed by atoms with Gasteiger partial charge >= 0.3 is 5.97 Å². The van der Waals surface area contributed by atoms with Crippen LogP contribution < -0.4 is 5.32 Å². The number of aliphatic hydroxyl groups is 1. The lowest BCUT2D eigenvalue weighted by molar-refractivity contribution is 0.0696. The predicted octanol–water partition coefficient (Wildman–Crippen LogP) is 2.65. The van der Waals surface area contributed by atoms with Crippen LogP contribution >= 0.6 is 0 Å². The zero-order valence-electron chi connectivity index (χ0n) is 13.0. The van der Waals surface area contributed by atoms with Crippen LogP contribution in [0.2, 0.25) is 0 Å². The highest BCUT2D eigenvalue weighted by molar-refractivity contribution is 5.88. The Kier molecular flexibility index (Phi) is 4.44. The fourth-order valence-electron chi connectivity index (χ4n) is 1.54. The minimum Gasteiger partial charge on any atom is -0.478 e. The van der Waals surface area contributed by atoms with Crippen molar-refractivity contribution < 1.29 is 15.0 Å². The molecule has 0 aliphatic rings. The largest absolute Gasteiger partial charge is 0.478 e. The highest BCUT2D eigenvalue weighted by atomic mass is 16.4. The molecule has 0 aliphatic carbocycles. The number of aromatic nitrogens is 1. The van der Waals surface area contributed by atoms with Gasteiger partial charge in [-0.15, -0.1) is 0 Å². The maximum Gasteiger partial charge on any atom is 0.335 e. The van der Waals surface area contributed by atoms with Crippen LogP contribution in [0.25, 0.3) is 0 Å². The van der Waals surface area contributed by atoms with E-state index in [9.17, 15) is 15.0 Å². The van der Waals surface area contributed by atoms with Gasteiger partial charge in [-0.3, -0.25) is 0 Å². The number of nitrogens with one attached hydrogen (secondary N) is 1. The number of carboxylic acids is 1. The molecular formula is C15H24N2O3. The molecule has 1 heterocycles. The van der Waals surface area contributed by atoms with Crippen molar-refractivity contribution in [2.24, 2.45) is 0 Å². The molecule has 5 nitrogen and oxygen atoms in total. The third-order valence-electron chi connectivity index (χ3n) is 3.34. The first-order chi connectivity index (χ1) is 8.93. The van der Waals surface area contributed by atoms with Crippen molar-refractivity contribution in [3.63, 3.8) is 0 Å². The number of hydrogen-bond acceptors (Lipinski definition) is 4. The van der Waals surface area contributed by atoms with Gasteiger partial charge in [0.1, 0.15) is 5.82 Å². The SMILES string of the molecule is CC(O)C(C)(C)Nc1cc(C(=O)O)cc(C(C)(C)C)n1. The standard InChI is InChI=1S/C15H24N2O3/c1-9(18)15(5,6)17-12-8-10(13(19)20)7-11(16-12)14(2,3)4/h7-9,18H,1-6H3,(H,16,17)(H,19,20). The Morgan fingerprint density at radius 3 is 2.20 bits per heavy atom. The number of pyridine rings is 1. The molecule has 20 heavy (non-hydrogen) atoms. The molecule has 1 atom stereocenters. The minimum absolute atomic E-state index is 0.189. The topological polar surface area (TPSA) is 82.5 Å². The molecule has 1 unspecified atom stereocenters. The highest BCUT2D eigenvalue weighted by Crippen LogP contribution is 2.25. The number of anilines is 1. The average molecular weight is 280 g/mol. The van der Waals surface area contributed by atoms with Crippen LogP contribution in [-0.4, -0.2) is 32.8 Å². The molecule has 5 heteroatoms. The maximum absolute atomic E-state index is 11.2. The van der Waals surface area contributed by atoms with Crippen molar-refractivity contribution in [1.29, 1.82) is 0 Å². The van der Waals surface area contributed by atoms with Crippen LogP contribution in [0.4, 0.5) is 5.82 Å². The first-order valence-electron chi connectivity index (χ1n) is 6.65. The van der Waals surface area contributed by atoms with Crippen molar-refractivity contribution in [1.82, 2.24) is 4.98 Å². The van der Waals surface area contributed by atoms with E-state index in [1.807, 2.05) is 34.6 Å². The van der Waals surface area contributed by atoms with E-state index in [0.717, 1.165) is 0 Å². The molecule has 0 aliphatic heterocycles. The van der Waals surface area contributed by atoms with Crippen LogP contribution in [0.1, 0.15) is 57.6 Å². The van der Waals surface area contributed by atoms with Crippen LogP contribution in [0, 0.1) is 0 Å². The summed E-state index contributed by atoms with van der Waals surface area (Å²) in [6.07, 6.45) is -0.601. The third-order valence-corrected chi connectivity index (χ3v) is 3.34. The van der Waals surface area contributed by atoms with Gasteiger partial charge in [-0.1, -0.05) is 20.8 Å². The molecule has 0 saturated heterocycles. The molecule has 0 fully saturated rings. The number of hydrogen-bond donors (Lipinski definition) is 3. The van der Waals surface area contributed by atoms with Gasteiger partial charge in [-0.25, -0.2) is 9.78 Å². The fraction of sp³-hybridized carbons (Fsp3) is 0.600. The van der Waals surface area contributed by atoms with Crippen molar-refractivity contribution >= 4 is 11.8 Å². The van der Waals surface area contributed by atoms with Gasteiger partial charge < -0.3 is 15.5 Å². The van der Waals surface area contributed by atoms with E-state index in [0.29, 0.717) is 11.5 Å². The summed E-state index contributed by atoms with van der Waals surface area (Å²) in [6.45, 7) is 11.3. The average Bonchev–Trinajstić information content (AvgIpc) is 2.26. The number of aromatic carboxylic acids is 1. The normalized spacial score (nSPS) is 13.9. The summed E-state index contributed by atoms with van der Waals surface area (Å²) in [4.78, 5) is 15.7. The Morgan fingerprint density at radius 1 is 1.25 bits per heavy atom. The van der Waals surface area contributed by atoms with Crippen LogP contribution in [-0.2, 0) is 5.41 Å². The lowest BCUT2D eigenvalue weighted by atomic mass is 9.90. The Morgan fingerprint density at radius 2 is 1.80 bits per heavy atom. The lowest BCUT2D eigenvalue weighted by Gasteiger charge is -2.31. The van der Waals surface area contributed by atoms with Crippen molar-refractivity contribution in [3.05, 3.63) is 23.4 Å². The first kappa shape index (κ1) is 16.4. The molecule has 0 aromatic carbocycles. The van der Waals surface area contributed by atoms with Crippen LogP contribution in [0.3, 0.4) is 0 Å². The van der Waals surface area contributed by atoms with Gasteiger partial charge in [0.2, 0.25) is 0 Å². The molecule has 0 spiro atoms. The highest BCUT2D eigenvalue weighted by Gasteiger charge is 2.26.